The predicted octanol–water partition coefficient (Wildman–Crippen LogP) is 3.89. The van der Waals surface area contributed by atoms with Crippen molar-refractivity contribution in [1.29, 1.82) is 0 Å². The molecule has 5 heteroatoms. The number of rotatable bonds is 11. The third-order valence-electron chi connectivity index (χ3n) is 3.89. The fourth-order valence-corrected chi connectivity index (χ4v) is 2.61. The SMILES string of the molecule is CCCCC(CCCCC(=O)Nc1ccccc1)CC(=O)NO. The van der Waals surface area contributed by atoms with Gasteiger partial charge in [0.1, 0.15) is 0 Å². The van der Waals surface area contributed by atoms with E-state index in [1.165, 1.54) is 0 Å². The summed E-state index contributed by atoms with van der Waals surface area (Å²) in [6.07, 6.45) is 6.63. The number of para-hydroxylation sites is 1. The standard InChI is InChI=1S/C18H28N2O3/c1-2-3-9-15(14-18(22)20-23)10-7-8-13-17(21)19-16-11-5-4-6-12-16/h4-6,11-12,15,23H,2-3,7-10,13-14H2,1H3,(H,19,21)(H,20,22). The average Bonchev–Trinajstić information content (AvgIpc) is 2.56. The quantitative estimate of drug-likeness (QED) is 0.329. The summed E-state index contributed by atoms with van der Waals surface area (Å²) in [5.74, 6) is -0.0263. The van der Waals surface area contributed by atoms with Gasteiger partial charge in [-0.3, -0.25) is 14.8 Å². The molecule has 1 rings (SSSR count). The lowest BCUT2D eigenvalue weighted by atomic mass is 9.92. The highest BCUT2D eigenvalue weighted by Gasteiger charge is 2.13. The summed E-state index contributed by atoms with van der Waals surface area (Å²) >= 11 is 0. The van der Waals surface area contributed by atoms with Crippen molar-refractivity contribution in [2.45, 2.75) is 58.3 Å². The van der Waals surface area contributed by atoms with Crippen LogP contribution in [0, 0.1) is 5.92 Å². The molecule has 0 aliphatic carbocycles. The van der Waals surface area contributed by atoms with Crippen LogP contribution in [-0.2, 0) is 9.59 Å². The predicted molar refractivity (Wildman–Crippen MR) is 91.1 cm³/mol. The van der Waals surface area contributed by atoms with Crippen LogP contribution in [0.25, 0.3) is 0 Å². The summed E-state index contributed by atoms with van der Waals surface area (Å²) in [5.41, 5.74) is 2.52. The molecule has 1 aromatic carbocycles. The van der Waals surface area contributed by atoms with Crippen LogP contribution < -0.4 is 10.8 Å². The van der Waals surface area contributed by atoms with E-state index in [-0.39, 0.29) is 17.7 Å². The Labute approximate surface area is 138 Å². The molecule has 0 aliphatic rings. The zero-order valence-corrected chi connectivity index (χ0v) is 13.9. The first kappa shape index (κ1) is 19.2. The van der Waals surface area contributed by atoms with E-state index in [2.05, 4.69) is 12.2 Å². The highest BCUT2D eigenvalue weighted by atomic mass is 16.5. The monoisotopic (exact) mass is 320 g/mol. The van der Waals surface area contributed by atoms with Crippen molar-refractivity contribution in [1.82, 2.24) is 5.48 Å². The molecule has 128 valence electrons. The zero-order chi connectivity index (χ0) is 16.9. The first-order valence-electron chi connectivity index (χ1n) is 8.43. The Balaban J connectivity index is 2.24. The summed E-state index contributed by atoms with van der Waals surface area (Å²) in [7, 11) is 0. The second-order valence-corrected chi connectivity index (χ2v) is 5.91. The van der Waals surface area contributed by atoms with Gasteiger partial charge in [-0.2, -0.15) is 0 Å². The third-order valence-corrected chi connectivity index (χ3v) is 3.89. The van der Waals surface area contributed by atoms with Gasteiger partial charge in [0.05, 0.1) is 0 Å². The molecule has 23 heavy (non-hydrogen) atoms. The fourth-order valence-electron chi connectivity index (χ4n) is 2.61. The Kier molecular flexibility index (Phi) is 9.71. The molecule has 0 bridgehead atoms. The van der Waals surface area contributed by atoms with E-state index in [0.717, 1.165) is 44.2 Å². The van der Waals surface area contributed by atoms with Crippen LogP contribution in [0.3, 0.4) is 0 Å². The van der Waals surface area contributed by atoms with Gasteiger partial charge >= 0.3 is 0 Å². The Morgan fingerprint density at radius 2 is 1.74 bits per heavy atom. The summed E-state index contributed by atoms with van der Waals surface area (Å²) in [6, 6.07) is 9.42. The molecule has 3 N–H and O–H groups in total. The lowest BCUT2D eigenvalue weighted by molar-refractivity contribution is -0.130. The normalized spacial score (nSPS) is 11.7. The fraction of sp³-hybridized carbons (Fsp3) is 0.556. The van der Waals surface area contributed by atoms with Gasteiger partial charge < -0.3 is 5.32 Å². The van der Waals surface area contributed by atoms with Crippen molar-refractivity contribution < 1.29 is 14.8 Å². The summed E-state index contributed by atoms with van der Waals surface area (Å²) in [5, 5.41) is 11.5. The molecule has 1 atom stereocenters. The minimum atomic E-state index is -0.326. The van der Waals surface area contributed by atoms with Crippen LogP contribution in [0.5, 0.6) is 0 Å². The van der Waals surface area contributed by atoms with Crippen LogP contribution in [0.1, 0.15) is 58.3 Å². The van der Waals surface area contributed by atoms with Gasteiger partial charge in [0.2, 0.25) is 11.8 Å². The Bertz CT molecular complexity index is 463. The lowest BCUT2D eigenvalue weighted by Gasteiger charge is -2.15. The van der Waals surface area contributed by atoms with Crippen LogP contribution in [-0.4, -0.2) is 17.0 Å². The number of carbonyl (C=O) groups is 2. The van der Waals surface area contributed by atoms with Crippen LogP contribution in [0.15, 0.2) is 30.3 Å². The van der Waals surface area contributed by atoms with Crippen LogP contribution in [0.4, 0.5) is 5.69 Å². The summed E-state index contributed by atoms with van der Waals surface area (Å²) in [4.78, 5) is 23.1. The number of carbonyl (C=O) groups excluding carboxylic acids is 2. The van der Waals surface area contributed by atoms with Gasteiger partial charge in [0.15, 0.2) is 0 Å². The Morgan fingerprint density at radius 1 is 1.04 bits per heavy atom. The molecule has 0 heterocycles. The van der Waals surface area contributed by atoms with E-state index in [1.54, 1.807) is 5.48 Å². The van der Waals surface area contributed by atoms with Crippen LogP contribution in [0.2, 0.25) is 0 Å². The maximum absolute atomic E-state index is 11.8. The Hall–Kier alpha value is -1.88. The molecule has 0 saturated carbocycles. The zero-order valence-electron chi connectivity index (χ0n) is 13.9. The molecule has 0 aromatic heterocycles. The molecule has 2 amide bonds. The van der Waals surface area contributed by atoms with Gasteiger partial charge in [0, 0.05) is 18.5 Å². The maximum atomic E-state index is 11.8. The van der Waals surface area contributed by atoms with Crippen molar-refractivity contribution in [2.75, 3.05) is 5.32 Å². The minimum Gasteiger partial charge on any atom is -0.326 e. The van der Waals surface area contributed by atoms with E-state index in [9.17, 15) is 9.59 Å². The summed E-state index contributed by atoms with van der Waals surface area (Å²) in [6.45, 7) is 2.12. The molecular weight excluding hydrogens is 292 g/mol. The topological polar surface area (TPSA) is 78.4 Å². The van der Waals surface area contributed by atoms with Gasteiger partial charge in [-0.15, -0.1) is 0 Å². The second kappa shape index (κ2) is 11.7. The van der Waals surface area contributed by atoms with E-state index < -0.39 is 0 Å². The number of anilines is 1. The van der Waals surface area contributed by atoms with E-state index in [1.807, 2.05) is 30.3 Å². The number of amides is 2. The van der Waals surface area contributed by atoms with Crippen LogP contribution >= 0.6 is 0 Å². The van der Waals surface area contributed by atoms with Gasteiger partial charge in [0.25, 0.3) is 0 Å². The summed E-state index contributed by atoms with van der Waals surface area (Å²) < 4.78 is 0. The number of unbranched alkanes of at least 4 members (excludes halogenated alkanes) is 2. The van der Waals surface area contributed by atoms with E-state index in [4.69, 9.17) is 5.21 Å². The average molecular weight is 320 g/mol. The van der Waals surface area contributed by atoms with E-state index >= 15 is 0 Å². The number of hydrogen-bond donors (Lipinski definition) is 3. The van der Waals surface area contributed by atoms with E-state index in [0.29, 0.717) is 12.8 Å². The first-order chi connectivity index (χ1) is 11.2. The first-order valence-corrected chi connectivity index (χ1v) is 8.43. The molecule has 1 unspecified atom stereocenters. The van der Waals surface area contributed by atoms with Gasteiger partial charge in [-0.1, -0.05) is 44.4 Å². The highest BCUT2D eigenvalue weighted by Crippen LogP contribution is 2.20. The van der Waals surface area contributed by atoms with Crippen molar-refractivity contribution >= 4 is 17.5 Å². The van der Waals surface area contributed by atoms with Gasteiger partial charge in [-0.25, -0.2) is 5.48 Å². The molecule has 0 saturated heterocycles. The van der Waals surface area contributed by atoms with Crippen molar-refractivity contribution in [2.24, 2.45) is 5.92 Å². The van der Waals surface area contributed by atoms with Gasteiger partial charge in [-0.05, 0) is 37.3 Å². The lowest BCUT2D eigenvalue weighted by Crippen LogP contribution is -2.22. The van der Waals surface area contributed by atoms with Crippen molar-refractivity contribution in [3.05, 3.63) is 30.3 Å². The molecular formula is C18H28N2O3. The largest absolute Gasteiger partial charge is 0.326 e. The van der Waals surface area contributed by atoms with Crippen molar-refractivity contribution in [3.8, 4) is 0 Å². The number of hydrogen-bond acceptors (Lipinski definition) is 3. The minimum absolute atomic E-state index is 0.0226. The molecule has 5 nitrogen and oxygen atoms in total. The third kappa shape index (κ3) is 8.98. The molecule has 0 spiro atoms. The maximum Gasteiger partial charge on any atom is 0.243 e. The van der Waals surface area contributed by atoms with Crippen molar-refractivity contribution in [3.63, 3.8) is 0 Å². The molecule has 0 radical (unpaired) electrons. The second-order valence-electron chi connectivity index (χ2n) is 5.91. The molecule has 1 aromatic rings. The number of hydroxylamine groups is 1. The smallest absolute Gasteiger partial charge is 0.243 e. The highest BCUT2D eigenvalue weighted by molar-refractivity contribution is 5.90. The molecule has 0 aliphatic heterocycles. The number of nitrogens with one attached hydrogen (secondary N) is 2. The molecule has 0 fully saturated rings. The number of benzene rings is 1. The Morgan fingerprint density at radius 3 is 2.39 bits per heavy atom.